The molecule has 164 valence electrons. The highest BCUT2D eigenvalue weighted by molar-refractivity contribution is 7.16. The van der Waals surface area contributed by atoms with Crippen LogP contribution in [0, 0.1) is 0 Å². The van der Waals surface area contributed by atoms with E-state index in [2.05, 4.69) is 9.73 Å². The molecule has 0 saturated carbocycles. The molecule has 1 heterocycles. The summed E-state index contributed by atoms with van der Waals surface area (Å²) < 4.78 is 43.1. The van der Waals surface area contributed by atoms with Gasteiger partial charge in [-0.2, -0.15) is 4.99 Å². The van der Waals surface area contributed by atoms with E-state index in [1.165, 1.54) is 28.8 Å². The first-order valence-corrected chi connectivity index (χ1v) is 10.2. The fourth-order valence-electron chi connectivity index (χ4n) is 2.85. The number of carbonyl (C=O) groups is 2. The molecule has 12 heteroatoms. The van der Waals surface area contributed by atoms with Gasteiger partial charge in [0.05, 0.1) is 20.3 Å². The summed E-state index contributed by atoms with van der Waals surface area (Å²) in [5.41, 5.74) is 0.414. The smallest absolute Gasteiger partial charge is 0.480 e. The number of amides is 1. The van der Waals surface area contributed by atoms with Gasteiger partial charge in [-0.1, -0.05) is 41.5 Å². The van der Waals surface area contributed by atoms with Gasteiger partial charge >= 0.3 is 12.3 Å². The van der Waals surface area contributed by atoms with E-state index in [4.69, 9.17) is 23.2 Å². The Bertz CT molecular complexity index is 1240. The van der Waals surface area contributed by atoms with Crippen LogP contribution in [0.25, 0.3) is 10.2 Å². The first-order chi connectivity index (χ1) is 14.5. The van der Waals surface area contributed by atoms with Gasteiger partial charge < -0.3 is 14.4 Å². The first kappa shape index (κ1) is 23.1. The quantitative estimate of drug-likeness (QED) is 0.496. The average Bonchev–Trinajstić information content (AvgIpc) is 3.00. The summed E-state index contributed by atoms with van der Waals surface area (Å²) in [5, 5.41) is 9.98. The van der Waals surface area contributed by atoms with Crippen molar-refractivity contribution in [2.45, 2.75) is 25.7 Å². The number of halogens is 5. The number of alkyl halides is 3. The minimum absolute atomic E-state index is 0.00415. The predicted octanol–water partition coefficient (Wildman–Crippen LogP) is 5.69. The molecule has 0 radical (unpaired) electrons. The summed E-state index contributed by atoms with van der Waals surface area (Å²) >= 11 is 12.6. The molecule has 0 aliphatic rings. The van der Waals surface area contributed by atoms with Crippen molar-refractivity contribution >= 4 is 56.6 Å². The maximum Gasteiger partial charge on any atom is 0.573 e. The molecular formula is C19H13Cl2F3N2O4S. The number of aromatic nitrogens is 1. The van der Waals surface area contributed by atoms with E-state index in [9.17, 15) is 27.9 Å². The number of ether oxygens (including phenoxy) is 1. The number of carboxylic acid groups (broad SMARTS) is 1. The molecule has 1 atom stereocenters. The standard InChI is InChI=1S/C19H13Cl2F3N2O4S/c1-2-13(17(28)29)26-14-6-4-10(30-19(22,23)24)8-15(14)31-18(26)25-16(27)9-3-5-11(20)12(21)7-9/h3-8,13H,2H2,1H3,(H,28,29). The third-order valence-corrected chi connectivity index (χ3v) is 5.94. The molecular weight excluding hydrogens is 480 g/mol. The molecule has 2 aromatic carbocycles. The fourth-order valence-corrected chi connectivity index (χ4v) is 4.24. The van der Waals surface area contributed by atoms with Crippen LogP contribution in [0.3, 0.4) is 0 Å². The lowest BCUT2D eigenvalue weighted by molar-refractivity contribution is -0.274. The Balaban J connectivity index is 2.19. The van der Waals surface area contributed by atoms with E-state index in [1.54, 1.807) is 6.92 Å². The Hall–Kier alpha value is -2.56. The van der Waals surface area contributed by atoms with Crippen LogP contribution in [0.1, 0.15) is 29.7 Å². The second kappa shape index (κ2) is 8.89. The Kier molecular flexibility index (Phi) is 6.63. The summed E-state index contributed by atoms with van der Waals surface area (Å²) in [6.45, 7) is 1.63. The zero-order valence-corrected chi connectivity index (χ0v) is 17.9. The molecule has 3 aromatic rings. The van der Waals surface area contributed by atoms with E-state index >= 15 is 0 Å². The van der Waals surface area contributed by atoms with Gasteiger partial charge in [0.15, 0.2) is 4.80 Å². The minimum atomic E-state index is -4.88. The average molecular weight is 493 g/mol. The SMILES string of the molecule is CCC(C(=O)O)n1c(=NC(=O)c2ccc(Cl)c(Cl)c2)sc2cc(OC(F)(F)F)ccc21. The number of hydrogen-bond donors (Lipinski definition) is 1. The maximum absolute atomic E-state index is 12.6. The molecule has 1 unspecified atom stereocenters. The Morgan fingerprint density at radius 1 is 1.19 bits per heavy atom. The molecule has 0 spiro atoms. The normalized spacial score (nSPS) is 13.4. The first-order valence-electron chi connectivity index (χ1n) is 8.68. The zero-order chi connectivity index (χ0) is 22.9. The van der Waals surface area contributed by atoms with Gasteiger partial charge in [-0.15, -0.1) is 13.2 Å². The van der Waals surface area contributed by atoms with E-state index in [1.807, 2.05) is 0 Å². The summed E-state index contributed by atoms with van der Waals surface area (Å²) in [6, 6.07) is 6.51. The number of nitrogens with zero attached hydrogens (tertiary/aromatic N) is 2. The van der Waals surface area contributed by atoms with Crippen LogP contribution in [0.5, 0.6) is 5.75 Å². The number of hydrogen-bond acceptors (Lipinski definition) is 4. The minimum Gasteiger partial charge on any atom is -0.480 e. The highest BCUT2D eigenvalue weighted by atomic mass is 35.5. The third-order valence-electron chi connectivity index (χ3n) is 4.18. The molecule has 0 fully saturated rings. The van der Waals surface area contributed by atoms with Crippen LogP contribution in [0.4, 0.5) is 13.2 Å². The second-order valence-electron chi connectivity index (χ2n) is 6.24. The zero-order valence-electron chi connectivity index (χ0n) is 15.6. The molecule has 0 aliphatic heterocycles. The van der Waals surface area contributed by atoms with Crippen molar-refractivity contribution in [2.24, 2.45) is 4.99 Å². The van der Waals surface area contributed by atoms with Gasteiger partial charge in [-0.3, -0.25) is 4.79 Å². The lowest BCUT2D eigenvalue weighted by Gasteiger charge is -2.14. The molecule has 31 heavy (non-hydrogen) atoms. The van der Waals surface area contributed by atoms with Crippen LogP contribution in [-0.4, -0.2) is 27.9 Å². The van der Waals surface area contributed by atoms with Gasteiger partial charge in [-0.05, 0) is 42.8 Å². The molecule has 0 saturated heterocycles. The Morgan fingerprint density at radius 3 is 2.48 bits per heavy atom. The van der Waals surface area contributed by atoms with Gasteiger partial charge in [0.25, 0.3) is 5.91 Å². The van der Waals surface area contributed by atoms with Crippen LogP contribution < -0.4 is 9.54 Å². The third kappa shape index (κ3) is 5.20. The fraction of sp³-hybridized carbons (Fsp3) is 0.211. The second-order valence-corrected chi connectivity index (χ2v) is 8.06. The van der Waals surface area contributed by atoms with Crippen LogP contribution in [0.2, 0.25) is 10.0 Å². The van der Waals surface area contributed by atoms with Crippen LogP contribution in [-0.2, 0) is 4.79 Å². The van der Waals surface area contributed by atoms with Crippen molar-refractivity contribution in [2.75, 3.05) is 0 Å². The Labute approximate surface area is 187 Å². The van der Waals surface area contributed by atoms with E-state index in [-0.39, 0.29) is 31.5 Å². The summed E-state index contributed by atoms with van der Waals surface area (Å²) in [4.78, 5) is 28.4. The van der Waals surface area contributed by atoms with Crippen molar-refractivity contribution in [3.8, 4) is 5.75 Å². The molecule has 1 amide bonds. The van der Waals surface area contributed by atoms with Crippen LogP contribution >= 0.6 is 34.5 Å². The number of carboxylic acids is 1. The molecule has 0 aliphatic carbocycles. The predicted molar refractivity (Wildman–Crippen MR) is 110 cm³/mol. The van der Waals surface area contributed by atoms with Gasteiger partial charge in [0, 0.05) is 5.56 Å². The maximum atomic E-state index is 12.6. The molecule has 6 nitrogen and oxygen atoms in total. The summed E-state index contributed by atoms with van der Waals surface area (Å²) in [6.07, 6.45) is -4.74. The van der Waals surface area contributed by atoms with Crippen molar-refractivity contribution in [3.05, 3.63) is 56.8 Å². The molecule has 1 aromatic heterocycles. The monoisotopic (exact) mass is 492 g/mol. The van der Waals surface area contributed by atoms with Crippen molar-refractivity contribution < 1.29 is 32.6 Å². The number of aliphatic carboxylic acids is 1. The van der Waals surface area contributed by atoms with Gasteiger partial charge in [-0.25, -0.2) is 4.79 Å². The number of benzene rings is 2. The van der Waals surface area contributed by atoms with E-state index < -0.39 is 30.0 Å². The largest absolute Gasteiger partial charge is 0.573 e. The Morgan fingerprint density at radius 2 is 1.90 bits per heavy atom. The van der Waals surface area contributed by atoms with Crippen molar-refractivity contribution in [1.82, 2.24) is 4.57 Å². The van der Waals surface area contributed by atoms with Crippen molar-refractivity contribution in [3.63, 3.8) is 0 Å². The van der Waals surface area contributed by atoms with E-state index in [0.29, 0.717) is 5.52 Å². The number of carbonyl (C=O) groups excluding carboxylic acids is 1. The van der Waals surface area contributed by atoms with Gasteiger partial charge in [0.2, 0.25) is 0 Å². The number of rotatable bonds is 5. The highest BCUT2D eigenvalue weighted by Gasteiger charge is 2.31. The topological polar surface area (TPSA) is 80.9 Å². The van der Waals surface area contributed by atoms with Crippen LogP contribution in [0.15, 0.2) is 41.4 Å². The number of thiazole rings is 1. The number of fused-ring (bicyclic) bond motifs is 1. The van der Waals surface area contributed by atoms with Crippen molar-refractivity contribution in [1.29, 1.82) is 0 Å². The molecule has 0 bridgehead atoms. The van der Waals surface area contributed by atoms with Gasteiger partial charge in [0.1, 0.15) is 11.8 Å². The highest BCUT2D eigenvalue weighted by Crippen LogP contribution is 2.30. The summed E-state index contributed by atoms with van der Waals surface area (Å²) in [5.74, 6) is -2.37. The molecule has 3 rings (SSSR count). The van der Waals surface area contributed by atoms with E-state index in [0.717, 1.165) is 23.5 Å². The summed E-state index contributed by atoms with van der Waals surface area (Å²) in [7, 11) is 0. The lowest BCUT2D eigenvalue weighted by Crippen LogP contribution is -2.27. The lowest BCUT2D eigenvalue weighted by atomic mass is 10.2. The molecule has 1 N–H and O–H groups in total.